The molecule has 5 rings (SSSR count). The van der Waals surface area contributed by atoms with Crippen LogP contribution in [0.3, 0.4) is 0 Å². The monoisotopic (exact) mass is 493 g/mol. The number of carbonyl (C=O) groups excluding carboxylic acids is 2. The van der Waals surface area contributed by atoms with E-state index in [9.17, 15) is 9.59 Å². The van der Waals surface area contributed by atoms with Gasteiger partial charge >= 0.3 is 0 Å². The van der Waals surface area contributed by atoms with Crippen molar-refractivity contribution < 1.29 is 23.8 Å². The Labute approximate surface area is 212 Å². The van der Waals surface area contributed by atoms with E-state index >= 15 is 0 Å². The lowest BCUT2D eigenvalue weighted by Crippen LogP contribution is -2.50. The van der Waals surface area contributed by atoms with Gasteiger partial charge in [-0.3, -0.25) is 14.5 Å². The molecule has 1 saturated heterocycles. The van der Waals surface area contributed by atoms with Crippen LogP contribution < -0.4 is 14.8 Å². The first-order chi connectivity index (χ1) is 17.6. The van der Waals surface area contributed by atoms with Crippen LogP contribution >= 0.6 is 0 Å². The first-order valence-electron chi connectivity index (χ1n) is 13.0. The van der Waals surface area contributed by atoms with Gasteiger partial charge in [0.05, 0.1) is 38.4 Å². The lowest BCUT2D eigenvalue weighted by molar-refractivity contribution is -0.124. The molecule has 8 nitrogen and oxygen atoms in total. The van der Waals surface area contributed by atoms with E-state index in [2.05, 4.69) is 10.2 Å². The predicted molar refractivity (Wildman–Crippen MR) is 136 cm³/mol. The van der Waals surface area contributed by atoms with Gasteiger partial charge in [0.25, 0.3) is 5.91 Å². The van der Waals surface area contributed by atoms with Gasteiger partial charge in [-0.1, -0.05) is 18.2 Å². The molecule has 0 aliphatic carbocycles. The number of carbonyl (C=O) groups is 2. The average molecular weight is 494 g/mol. The number of nitrogens with one attached hydrogen (secondary N) is 1. The van der Waals surface area contributed by atoms with Crippen molar-refractivity contribution in [3.63, 3.8) is 0 Å². The molecule has 3 heterocycles. The number of fused-ring (bicyclic) bond motifs is 4. The number of hydrogen-bond donors (Lipinski definition) is 1. The van der Waals surface area contributed by atoms with Gasteiger partial charge in [0.2, 0.25) is 5.91 Å². The van der Waals surface area contributed by atoms with Crippen LogP contribution in [0, 0.1) is 0 Å². The fraction of sp³-hybridized carbons (Fsp3) is 0.500. The molecule has 0 radical (unpaired) electrons. The van der Waals surface area contributed by atoms with Crippen molar-refractivity contribution >= 4 is 11.8 Å². The van der Waals surface area contributed by atoms with Crippen LogP contribution in [0.5, 0.6) is 11.5 Å². The Hall–Kier alpha value is -3.10. The smallest absolute Gasteiger partial charge is 0.254 e. The Morgan fingerprint density at radius 1 is 1.03 bits per heavy atom. The Balaban J connectivity index is 1.49. The van der Waals surface area contributed by atoms with E-state index in [4.69, 9.17) is 14.2 Å². The summed E-state index contributed by atoms with van der Waals surface area (Å²) in [6, 6.07) is 11.1. The zero-order chi connectivity index (χ0) is 25.1. The second-order valence-electron chi connectivity index (χ2n) is 9.37. The third kappa shape index (κ3) is 4.67. The highest BCUT2D eigenvalue weighted by Gasteiger charge is 2.46. The van der Waals surface area contributed by atoms with Gasteiger partial charge in [0.1, 0.15) is 0 Å². The number of benzene rings is 2. The highest BCUT2D eigenvalue weighted by Crippen LogP contribution is 2.48. The summed E-state index contributed by atoms with van der Waals surface area (Å²) in [4.78, 5) is 31.5. The van der Waals surface area contributed by atoms with Crippen LogP contribution in [0.2, 0.25) is 0 Å². The third-order valence-corrected chi connectivity index (χ3v) is 7.30. The molecule has 2 aromatic carbocycles. The summed E-state index contributed by atoms with van der Waals surface area (Å²) in [5, 5.41) is 3.18. The second-order valence-corrected chi connectivity index (χ2v) is 9.37. The van der Waals surface area contributed by atoms with E-state index in [1.807, 2.05) is 55.1 Å². The largest absolute Gasteiger partial charge is 0.490 e. The van der Waals surface area contributed by atoms with E-state index < -0.39 is 12.0 Å². The van der Waals surface area contributed by atoms with Crippen LogP contribution in [0.15, 0.2) is 36.4 Å². The number of hydrogen-bond acceptors (Lipinski definition) is 6. The van der Waals surface area contributed by atoms with Crippen molar-refractivity contribution in [3.05, 3.63) is 58.7 Å². The molecule has 2 atom stereocenters. The van der Waals surface area contributed by atoms with Crippen molar-refractivity contribution in [2.45, 2.75) is 32.2 Å². The van der Waals surface area contributed by atoms with E-state index in [1.54, 1.807) is 0 Å². The van der Waals surface area contributed by atoms with E-state index in [0.29, 0.717) is 49.8 Å². The molecule has 8 heteroatoms. The molecular weight excluding hydrogens is 458 g/mol. The minimum atomic E-state index is -0.505. The average Bonchev–Trinajstić information content (AvgIpc) is 2.90. The highest BCUT2D eigenvalue weighted by molar-refractivity contribution is 6.01. The van der Waals surface area contributed by atoms with E-state index in [0.717, 1.165) is 49.5 Å². The molecule has 192 valence electrons. The number of amides is 2. The number of rotatable bonds is 8. The SMILES string of the molecule is CCOc1cc2c(cc1OCC)[C@H]1[C@@H](C(=O)NCCN3CCOCC3)c3ccccc3C(=O)N1CC2. The van der Waals surface area contributed by atoms with Crippen molar-refractivity contribution in [3.8, 4) is 11.5 Å². The molecule has 3 aliphatic rings. The summed E-state index contributed by atoms with van der Waals surface area (Å²) < 4.78 is 17.2. The predicted octanol–water partition coefficient (Wildman–Crippen LogP) is 2.77. The molecular formula is C28H35N3O5. The Morgan fingerprint density at radius 3 is 2.50 bits per heavy atom. The topological polar surface area (TPSA) is 80.3 Å². The quantitative estimate of drug-likeness (QED) is 0.609. The van der Waals surface area contributed by atoms with Gasteiger partial charge < -0.3 is 24.4 Å². The van der Waals surface area contributed by atoms with Crippen LogP contribution in [0.4, 0.5) is 0 Å². The maximum Gasteiger partial charge on any atom is 0.254 e. The molecule has 1 N–H and O–H groups in total. The minimum absolute atomic E-state index is 0.0227. The molecule has 0 bridgehead atoms. The number of morpholine rings is 1. The maximum atomic E-state index is 13.8. The van der Waals surface area contributed by atoms with Crippen LogP contribution in [-0.4, -0.2) is 80.8 Å². The Bertz CT molecular complexity index is 1110. The standard InChI is InChI=1S/C28H35N3O5/c1-3-35-23-17-19-9-11-31-26(22(19)18-24(23)36-4-2)25(20-7-5-6-8-21(20)28(31)33)27(32)29-10-12-30-13-15-34-16-14-30/h5-8,17-18,25-26H,3-4,9-16H2,1-2H3,(H,29,32)/t25-,26-/m0/s1. The van der Waals surface area contributed by atoms with E-state index in [1.165, 1.54) is 0 Å². The lowest BCUT2D eigenvalue weighted by atomic mass is 9.75. The molecule has 0 spiro atoms. The molecule has 1 fully saturated rings. The zero-order valence-corrected chi connectivity index (χ0v) is 21.1. The van der Waals surface area contributed by atoms with Crippen LogP contribution in [-0.2, 0) is 16.0 Å². The van der Waals surface area contributed by atoms with Crippen LogP contribution in [0.1, 0.15) is 52.9 Å². The molecule has 2 aromatic rings. The first-order valence-corrected chi connectivity index (χ1v) is 13.0. The minimum Gasteiger partial charge on any atom is -0.490 e. The van der Waals surface area contributed by atoms with Crippen molar-refractivity contribution in [1.29, 1.82) is 0 Å². The van der Waals surface area contributed by atoms with Gasteiger partial charge in [-0.05, 0) is 55.2 Å². The van der Waals surface area contributed by atoms with Crippen molar-refractivity contribution in [1.82, 2.24) is 15.1 Å². The summed E-state index contributed by atoms with van der Waals surface area (Å²) in [7, 11) is 0. The van der Waals surface area contributed by atoms with Gasteiger partial charge in [0.15, 0.2) is 11.5 Å². The Morgan fingerprint density at radius 2 is 1.75 bits per heavy atom. The van der Waals surface area contributed by atoms with Crippen molar-refractivity contribution in [2.75, 3.05) is 59.2 Å². The zero-order valence-electron chi connectivity index (χ0n) is 21.1. The molecule has 0 aromatic heterocycles. The summed E-state index contributed by atoms with van der Waals surface area (Å²) in [5.74, 6) is 0.775. The molecule has 0 saturated carbocycles. The lowest BCUT2D eigenvalue weighted by Gasteiger charge is -2.45. The Kier molecular flexibility index (Phi) is 7.43. The fourth-order valence-corrected chi connectivity index (χ4v) is 5.63. The van der Waals surface area contributed by atoms with Gasteiger partial charge in [-0.15, -0.1) is 0 Å². The summed E-state index contributed by atoms with van der Waals surface area (Å²) in [5.41, 5.74) is 3.46. The summed E-state index contributed by atoms with van der Waals surface area (Å²) >= 11 is 0. The van der Waals surface area contributed by atoms with Crippen LogP contribution in [0.25, 0.3) is 0 Å². The second kappa shape index (κ2) is 10.9. The van der Waals surface area contributed by atoms with Crippen molar-refractivity contribution in [2.24, 2.45) is 0 Å². The maximum absolute atomic E-state index is 13.8. The van der Waals surface area contributed by atoms with E-state index in [-0.39, 0.29) is 11.8 Å². The van der Waals surface area contributed by atoms with Gasteiger partial charge in [-0.25, -0.2) is 0 Å². The highest BCUT2D eigenvalue weighted by atomic mass is 16.5. The molecule has 3 aliphatic heterocycles. The summed E-state index contributed by atoms with van der Waals surface area (Å²) in [6.07, 6.45) is 0.706. The number of nitrogens with zero attached hydrogens (tertiary/aromatic N) is 2. The molecule has 0 unspecified atom stereocenters. The van der Waals surface area contributed by atoms with Gasteiger partial charge in [-0.2, -0.15) is 0 Å². The fourth-order valence-electron chi connectivity index (χ4n) is 5.63. The molecule has 36 heavy (non-hydrogen) atoms. The first kappa shape index (κ1) is 24.6. The number of ether oxygens (including phenoxy) is 3. The molecule has 2 amide bonds. The summed E-state index contributed by atoms with van der Waals surface area (Å²) in [6.45, 7) is 10.0. The van der Waals surface area contributed by atoms with Gasteiger partial charge in [0, 0.05) is 38.3 Å². The third-order valence-electron chi connectivity index (χ3n) is 7.30. The normalized spacial score (nSPS) is 21.3.